The first kappa shape index (κ1) is 19.8. The molecule has 0 aromatic heterocycles. The van der Waals surface area contributed by atoms with Gasteiger partial charge in [-0.25, -0.2) is 4.79 Å². The third kappa shape index (κ3) is 5.30. The second-order valence-electron chi connectivity index (χ2n) is 6.28. The van der Waals surface area contributed by atoms with Crippen LogP contribution in [-0.2, 0) is 16.0 Å². The highest BCUT2D eigenvalue weighted by molar-refractivity contribution is 8.19. The molecular formula is C21H23NO3S2. The van der Waals surface area contributed by atoms with Gasteiger partial charge in [-0.3, -0.25) is 4.79 Å². The molecule has 1 N–H and O–H groups in total. The summed E-state index contributed by atoms with van der Waals surface area (Å²) in [5.74, 6) is 1.49. The zero-order chi connectivity index (χ0) is 19.2. The normalized spacial score (nSPS) is 15.3. The number of carbonyl (C=O) groups is 2. The van der Waals surface area contributed by atoms with E-state index >= 15 is 0 Å². The number of hydrogen-bond donors (Lipinski definition) is 1. The Morgan fingerprint density at radius 2 is 1.70 bits per heavy atom. The number of esters is 1. The molecule has 2 aromatic rings. The zero-order valence-electron chi connectivity index (χ0n) is 15.4. The van der Waals surface area contributed by atoms with Crippen LogP contribution >= 0.6 is 23.5 Å². The lowest BCUT2D eigenvalue weighted by molar-refractivity contribution is -0.123. The molecule has 27 heavy (non-hydrogen) atoms. The van der Waals surface area contributed by atoms with E-state index in [-0.39, 0.29) is 5.91 Å². The van der Waals surface area contributed by atoms with E-state index in [4.69, 9.17) is 4.74 Å². The molecule has 0 radical (unpaired) electrons. The van der Waals surface area contributed by atoms with Crippen molar-refractivity contribution in [1.29, 1.82) is 0 Å². The molecule has 142 valence electrons. The van der Waals surface area contributed by atoms with E-state index in [2.05, 4.69) is 12.2 Å². The fourth-order valence-corrected chi connectivity index (χ4v) is 5.54. The molecule has 4 nitrogen and oxygen atoms in total. The molecule has 0 unspecified atom stereocenters. The predicted molar refractivity (Wildman–Crippen MR) is 113 cm³/mol. The van der Waals surface area contributed by atoms with Crippen LogP contribution < -0.4 is 5.32 Å². The zero-order valence-corrected chi connectivity index (χ0v) is 17.1. The number of benzene rings is 2. The average molecular weight is 402 g/mol. The van der Waals surface area contributed by atoms with Gasteiger partial charge in [0.05, 0.1) is 10.1 Å². The van der Waals surface area contributed by atoms with Crippen molar-refractivity contribution >= 4 is 41.1 Å². The predicted octanol–water partition coefficient (Wildman–Crippen LogP) is 4.91. The molecule has 1 fully saturated rings. The van der Waals surface area contributed by atoms with E-state index in [1.807, 2.05) is 59.9 Å². The average Bonchev–Trinajstić information content (AvgIpc) is 3.23. The minimum atomic E-state index is -0.871. The van der Waals surface area contributed by atoms with E-state index in [0.717, 1.165) is 17.9 Å². The van der Waals surface area contributed by atoms with Crippen molar-refractivity contribution in [3.8, 4) is 0 Å². The Bertz CT molecular complexity index is 784. The van der Waals surface area contributed by atoms with Crippen molar-refractivity contribution in [2.24, 2.45) is 0 Å². The summed E-state index contributed by atoms with van der Waals surface area (Å²) in [4.78, 5) is 24.6. The Kier molecular flexibility index (Phi) is 6.85. The van der Waals surface area contributed by atoms with Crippen molar-refractivity contribution in [3.63, 3.8) is 0 Å². The summed E-state index contributed by atoms with van der Waals surface area (Å²) in [6.07, 6.45) is 0.0723. The molecule has 0 aliphatic carbocycles. The van der Waals surface area contributed by atoms with Crippen LogP contribution in [0.15, 0.2) is 48.5 Å². The molecule has 1 aliphatic heterocycles. The maximum absolute atomic E-state index is 12.3. The molecule has 1 saturated heterocycles. The minimum absolute atomic E-state index is 0.344. The summed E-state index contributed by atoms with van der Waals surface area (Å²) in [5, 5.41) is 2.77. The lowest BCUT2D eigenvalue weighted by Gasteiger charge is -2.14. The van der Waals surface area contributed by atoms with Gasteiger partial charge in [-0.2, -0.15) is 0 Å². The van der Waals surface area contributed by atoms with Crippen LogP contribution in [-0.4, -0.2) is 29.5 Å². The number of aryl methyl sites for hydroxylation is 1. The van der Waals surface area contributed by atoms with E-state index in [0.29, 0.717) is 15.8 Å². The maximum Gasteiger partial charge on any atom is 0.338 e. The Balaban J connectivity index is 1.54. The SMILES string of the molecule is CCc1ccc(NC(=O)[C@H](C)OC(=O)c2ccc(C3SCCS3)cc2)cc1. The van der Waals surface area contributed by atoms with Crippen LogP contribution in [0.4, 0.5) is 5.69 Å². The van der Waals surface area contributed by atoms with Gasteiger partial charge in [-0.05, 0) is 48.7 Å². The fraction of sp³-hybridized carbons (Fsp3) is 0.333. The van der Waals surface area contributed by atoms with Crippen molar-refractivity contribution in [3.05, 3.63) is 65.2 Å². The van der Waals surface area contributed by atoms with Gasteiger partial charge in [0.1, 0.15) is 0 Å². The molecule has 1 atom stereocenters. The molecule has 1 heterocycles. The van der Waals surface area contributed by atoms with Gasteiger partial charge in [-0.1, -0.05) is 31.2 Å². The molecule has 6 heteroatoms. The molecule has 0 bridgehead atoms. The Morgan fingerprint density at radius 1 is 1.07 bits per heavy atom. The van der Waals surface area contributed by atoms with E-state index in [1.54, 1.807) is 19.1 Å². The first-order valence-corrected chi connectivity index (χ1v) is 11.1. The van der Waals surface area contributed by atoms with Crippen molar-refractivity contribution < 1.29 is 14.3 Å². The number of hydrogen-bond acceptors (Lipinski definition) is 5. The van der Waals surface area contributed by atoms with Gasteiger partial charge < -0.3 is 10.1 Å². The molecule has 0 saturated carbocycles. The Labute approximate surface area is 168 Å². The summed E-state index contributed by atoms with van der Waals surface area (Å²) in [6, 6.07) is 15.1. The third-order valence-electron chi connectivity index (χ3n) is 4.32. The molecule has 1 amide bonds. The minimum Gasteiger partial charge on any atom is -0.449 e. The molecular weight excluding hydrogens is 378 g/mol. The molecule has 0 spiro atoms. The van der Waals surface area contributed by atoms with Crippen LogP contribution in [0.1, 0.15) is 39.9 Å². The Hall–Kier alpha value is -1.92. The van der Waals surface area contributed by atoms with Gasteiger partial charge in [0.25, 0.3) is 5.91 Å². The van der Waals surface area contributed by atoms with Crippen LogP contribution in [0.5, 0.6) is 0 Å². The fourth-order valence-electron chi connectivity index (χ4n) is 2.68. The summed E-state index contributed by atoms with van der Waals surface area (Å²) >= 11 is 3.84. The largest absolute Gasteiger partial charge is 0.449 e. The maximum atomic E-state index is 12.3. The Morgan fingerprint density at radius 3 is 2.30 bits per heavy atom. The number of anilines is 1. The monoisotopic (exact) mass is 401 g/mol. The summed E-state index contributed by atoms with van der Waals surface area (Å²) < 4.78 is 5.76. The lowest BCUT2D eigenvalue weighted by atomic mass is 10.1. The highest BCUT2D eigenvalue weighted by Crippen LogP contribution is 2.45. The van der Waals surface area contributed by atoms with Gasteiger partial charge >= 0.3 is 5.97 Å². The number of carbonyl (C=O) groups excluding carboxylic acids is 2. The quantitative estimate of drug-likeness (QED) is 0.697. The second-order valence-corrected chi connectivity index (χ2v) is 9.01. The number of ether oxygens (including phenoxy) is 1. The number of amides is 1. The number of rotatable bonds is 6. The van der Waals surface area contributed by atoms with Crippen LogP contribution in [0.2, 0.25) is 0 Å². The molecule has 3 rings (SSSR count). The van der Waals surface area contributed by atoms with Crippen molar-refractivity contribution in [2.45, 2.75) is 31.0 Å². The van der Waals surface area contributed by atoms with E-state index in [9.17, 15) is 9.59 Å². The van der Waals surface area contributed by atoms with E-state index < -0.39 is 12.1 Å². The first-order chi connectivity index (χ1) is 13.1. The topological polar surface area (TPSA) is 55.4 Å². The van der Waals surface area contributed by atoms with Gasteiger partial charge in [-0.15, -0.1) is 23.5 Å². The van der Waals surface area contributed by atoms with Crippen molar-refractivity contribution in [2.75, 3.05) is 16.8 Å². The van der Waals surface area contributed by atoms with Crippen LogP contribution in [0.25, 0.3) is 0 Å². The van der Waals surface area contributed by atoms with E-state index in [1.165, 1.54) is 11.1 Å². The smallest absolute Gasteiger partial charge is 0.338 e. The van der Waals surface area contributed by atoms with Crippen molar-refractivity contribution in [1.82, 2.24) is 0 Å². The van der Waals surface area contributed by atoms with Crippen LogP contribution in [0, 0.1) is 0 Å². The number of nitrogens with one attached hydrogen (secondary N) is 1. The van der Waals surface area contributed by atoms with Gasteiger partial charge in [0, 0.05) is 17.2 Å². The third-order valence-corrected chi connectivity index (χ3v) is 7.43. The number of thioether (sulfide) groups is 2. The lowest BCUT2D eigenvalue weighted by Crippen LogP contribution is -2.30. The first-order valence-electron chi connectivity index (χ1n) is 9.00. The standard InChI is InChI=1S/C21H23NO3S2/c1-3-15-4-10-18(11-5-15)22-19(23)14(2)25-20(24)16-6-8-17(9-7-16)21-26-12-13-27-21/h4-11,14,21H,3,12-13H2,1-2H3,(H,22,23)/t14-/m0/s1. The summed E-state index contributed by atoms with van der Waals surface area (Å²) in [6.45, 7) is 3.65. The van der Waals surface area contributed by atoms with Gasteiger partial charge in [0.15, 0.2) is 6.10 Å². The summed E-state index contributed by atoms with van der Waals surface area (Å²) in [5.41, 5.74) is 3.56. The molecule has 1 aliphatic rings. The van der Waals surface area contributed by atoms with Crippen LogP contribution in [0.3, 0.4) is 0 Å². The van der Waals surface area contributed by atoms with Gasteiger partial charge in [0.2, 0.25) is 0 Å². The summed E-state index contributed by atoms with van der Waals surface area (Å²) in [7, 11) is 0. The highest BCUT2D eigenvalue weighted by atomic mass is 32.2. The molecule has 2 aromatic carbocycles. The highest BCUT2D eigenvalue weighted by Gasteiger charge is 2.21. The second kappa shape index (κ2) is 9.33.